The van der Waals surface area contributed by atoms with Gasteiger partial charge in [-0.05, 0) is 17.7 Å². The smallest absolute Gasteiger partial charge is 0.218 e. The number of benzene rings is 2. The summed E-state index contributed by atoms with van der Waals surface area (Å²) in [5, 5.41) is 2.64. The Kier molecular flexibility index (Phi) is 8.27. The molecule has 0 aliphatic heterocycles. The minimum atomic E-state index is 0.0926. The van der Waals surface area contributed by atoms with Gasteiger partial charge in [0.15, 0.2) is 0 Å². The molecule has 0 radical (unpaired) electrons. The van der Waals surface area contributed by atoms with Gasteiger partial charge in [-0.3, -0.25) is 4.79 Å². The van der Waals surface area contributed by atoms with Crippen LogP contribution in [0.5, 0.6) is 0 Å². The molecule has 0 aliphatic rings. The van der Waals surface area contributed by atoms with E-state index in [4.69, 9.17) is 0 Å². The first-order valence-corrected chi connectivity index (χ1v) is 6.64. The zero-order valence-electron chi connectivity index (χ0n) is 12.9. The third-order valence-corrected chi connectivity index (χ3v) is 2.53. The van der Waals surface area contributed by atoms with E-state index in [1.807, 2.05) is 13.8 Å². The summed E-state index contributed by atoms with van der Waals surface area (Å²) in [5.74, 6) is 0.0926. The number of aryl methyl sites for hydroxylation is 1. The molecule has 1 amide bonds. The molecular weight excluding hydrogens is 234 g/mol. The molecule has 0 aromatic heterocycles. The van der Waals surface area contributed by atoms with Crippen molar-refractivity contribution in [3.63, 3.8) is 0 Å². The summed E-state index contributed by atoms with van der Waals surface area (Å²) in [4.78, 5) is 11.6. The van der Waals surface area contributed by atoms with Crippen molar-refractivity contribution in [2.24, 2.45) is 0 Å². The Bertz CT molecular complexity index is 503. The first-order chi connectivity index (χ1) is 9.00. The topological polar surface area (TPSA) is 20.3 Å². The van der Waals surface area contributed by atoms with E-state index < -0.39 is 0 Å². The van der Waals surface area contributed by atoms with Crippen LogP contribution in [0.3, 0.4) is 0 Å². The van der Waals surface area contributed by atoms with Crippen LogP contribution >= 0.6 is 0 Å². The summed E-state index contributed by atoms with van der Waals surface area (Å²) in [6.07, 6.45) is 0. The number of nitrogens with zero attached hydrogens (tertiary/aromatic N) is 1. The maximum atomic E-state index is 10.1. The van der Waals surface area contributed by atoms with Gasteiger partial charge in [-0.15, -0.1) is 0 Å². The summed E-state index contributed by atoms with van der Waals surface area (Å²) in [6, 6.07) is 14.9. The minimum Gasteiger partial charge on any atom is -0.349 e. The van der Waals surface area contributed by atoms with Crippen LogP contribution in [-0.2, 0) is 4.79 Å². The molecule has 19 heavy (non-hydrogen) atoms. The number of hydrogen-bond donors (Lipinski definition) is 0. The number of carbonyl (C=O) groups is 1. The largest absolute Gasteiger partial charge is 0.349 e. The first kappa shape index (κ1) is 17.2. The minimum absolute atomic E-state index is 0.0926. The Hall–Kier alpha value is -1.83. The first-order valence-electron chi connectivity index (χ1n) is 6.64. The lowest BCUT2D eigenvalue weighted by atomic mass is 10.1. The molecule has 104 valence electrons. The van der Waals surface area contributed by atoms with Gasteiger partial charge < -0.3 is 4.90 Å². The van der Waals surface area contributed by atoms with Crippen LogP contribution < -0.4 is 0 Å². The molecule has 0 saturated heterocycles. The van der Waals surface area contributed by atoms with Crippen molar-refractivity contribution in [2.45, 2.75) is 27.7 Å². The molecule has 0 spiro atoms. The lowest BCUT2D eigenvalue weighted by Gasteiger charge is -2.02. The Balaban J connectivity index is 0.000000350. The average molecular weight is 259 g/mol. The van der Waals surface area contributed by atoms with Gasteiger partial charge in [0.1, 0.15) is 0 Å². The maximum Gasteiger partial charge on any atom is 0.218 e. The van der Waals surface area contributed by atoms with Gasteiger partial charge in [-0.25, -0.2) is 0 Å². The average Bonchev–Trinajstić information content (AvgIpc) is 2.41. The Morgan fingerprint density at radius 2 is 1.42 bits per heavy atom. The molecule has 2 nitrogen and oxygen atoms in total. The highest BCUT2D eigenvalue weighted by atomic mass is 16.2. The van der Waals surface area contributed by atoms with Gasteiger partial charge in [-0.2, -0.15) is 0 Å². The van der Waals surface area contributed by atoms with Crippen molar-refractivity contribution < 1.29 is 4.79 Å². The van der Waals surface area contributed by atoms with E-state index >= 15 is 0 Å². The molecule has 0 unspecified atom stereocenters. The highest BCUT2D eigenvalue weighted by Crippen LogP contribution is 2.14. The third-order valence-electron chi connectivity index (χ3n) is 2.53. The van der Waals surface area contributed by atoms with E-state index in [9.17, 15) is 4.79 Å². The Morgan fingerprint density at radius 3 is 1.89 bits per heavy atom. The van der Waals surface area contributed by atoms with Crippen molar-refractivity contribution in [1.82, 2.24) is 4.90 Å². The second kappa shape index (κ2) is 9.15. The summed E-state index contributed by atoms with van der Waals surface area (Å²) >= 11 is 0. The molecule has 0 fully saturated rings. The molecule has 0 N–H and O–H groups in total. The molecule has 0 atom stereocenters. The summed E-state index contributed by atoms with van der Waals surface area (Å²) in [6.45, 7) is 7.65. The highest BCUT2D eigenvalue weighted by molar-refractivity contribution is 5.82. The van der Waals surface area contributed by atoms with Gasteiger partial charge in [0.05, 0.1) is 0 Å². The number of carbonyl (C=O) groups excluding carboxylic acids is 1. The van der Waals surface area contributed by atoms with Crippen LogP contribution in [0.1, 0.15) is 26.3 Å². The van der Waals surface area contributed by atoms with E-state index in [1.165, 1.54) is 28.2 Å². The van der Waals surface area contributed by atoms with E-state index in [0.717, 1.165) is 0 Å². The molecule has 2 rings (SSSR count). The zero-order chi connectivity index (χ0) is 14.8. The standard InChI is InChI=1S/C11H10.C4H9NO.C2H6/c1-9-6-7-10-4-2-3-5-11(10)8-9;1-4(6)5(2)3;1-2/h2-8H,1H3;1-3H3;1-2H3. The van der Waals surface area contributed by atoms with Crippen LogP contribution in [0.25, 0.3) is 10.8 Å². The quantitative estimate of drug-likeness (QED) is 0.692. The molecule has 0 aliphatic carbocycles. The molecule has 0 bridgehead atoms. The fraction of sp³-hybridized carbons (Fsp3) is 0.353. The third kappa shape index (κ3) is 6.61. The Morgan fingerprint density at radius 1 is 0.947 bits per heavy atom. The van der Waals surface area contributed by atoms with Crippen molar-refractivity contribution in [1.29, 1.82) is 0 Å². The predicted molar refractivity (Wildman–Crippen MR) is 84.4 cm³/mol. The van der Waals surface area contributed by atoms with Gasteiger partial charge in [0.2, 0.25) is 5.91 Å². The zero-order valence-corrected chi connectivity index (χ0v) is 12.9. The number of rotatable bonds is 0. The van der Waals surface area contributed by atoms with Gasteiger partial charge in [0.25, 0.3) is 0 Å². The van der Waals surface area contributed by atoms with Crippen LogP contribution in [0.15, 0.2) is 42.5 Å². The normalized spacial score (nSPS) is 8.74. The van der Waals surface area contributed by atoms with Gasteiger partial charge in [0, 0.05) is 21.0 Å². The van der Waals surface area contributed by atoms with Gasteiger partial charge >= 0.3 is 0 Å². The molecular formula is C17H25NO. The second-order valence-electron chi connectivity index (χ2n) is 4.26. The fourth-order valence-electron chi connectivity index (χ4n) is 1.31. The molecule has 2 aromatic rings. The van der Waals surface area contributed by atoms with Crippen molar-refractivity contribution >= 4 is 16.7 Å². The van der Waals surface area contributed by atoms with E-state index in [1.54, 1.807) is 14.1 Å². The fourth-order valence-corrected chi connectivity index (χ4v) is 1.31. The molecule has 2 aromatic carbocycles. The maximum absolute atomic E-state index is 10.1. The summed E-state index contributed by atoms with van der Waals surface area (Å²) in [5.41, 5.74) is 1.32. The molecule has 0 heterocycles. The van der Waals surface area contributed by atoms with Crippen molar-refractivity contribution in [2.75, 3.05) is 14.1 Å². The number of amides is 1. The van der Waals surface area contributed by atoms with Crippen LogP contribution in [0, 0.1) is 6.92 Å². The summed E-state index contributed by atoms with van der Waals surface area (Å²) < 4.78 is 0. The van der Waals surface area contributed by atoms with Crippen molar-refractivity contribution in [3.8, 4) is 0 Å². The van der Waals surface area contributed by atoms with Crippen LogP contribution in [-0.4, -0.2) is 24.9 Å². The lowest BCUT2D eigenvalue weighted by Crippen LogP contribution is -2.17. The molecule has 2 heteroatoms. The van der Waals surface area contributed by atoms with E-state index in [-0.39, 0.29) is 5.91 Å². The highest BCUT2D eigenvalue weighted by Gasteiger charge is 1.89. The monoisotopic (exact) mass is 259 g/mol. The molecule has 0 saturated carbocycles. The SMILES string of the molecule is CC.CC(=O)N(C)C.Cc1ccc2ccccc2c1. The van der Waals surface area contributed by atoms with E-state index in [2.05, 4.69) is 49.4 Å². The number of hydrogen-bond acceptors (Lipinski definition) is 1. The number of fused-ring (bicyclic) bond motifs is 1. The lowest BCUT2D eigenvalue weighted by molar-refractivity contribution is -0.126. The van der Waals surface area contributed by atoms with Crippen molar-refractivity contribution in [3.05, 3.63) is 48.0 Å². The second-order valence-corrected chi connectivity index (χ2v) is 4.26. The van der Waals surface area contributed by atoms with Gasteiger partial charge in [-0.1, -0.05) is 61.9 Å². The van der Waals surface area contributed by atoms with Crippen LogP contribution in [0.4, 0.5) is 0 Å². The summed E-state index contributed by atoms with van der Waals surface area (Å²) in [7, 11) is 3.45. The Labute approximate surface area is 117 Å². The predicted octanol–water partition coefficient (Wildman–Crippen LogP) is 4.27. The van der Waals surface area contributed by atoms with Crippen LogP contribution in [0.2, 0.25) is 0 Å². The van der Waals surface area contributed by atoms with E-state index in [0.29, 0.717) is 0 Å².